The Kier molecular flexibility index (Phi) is 5.00. The van der Waals surface area contributed by atoms with Gasteiger partial charge in [0.15, 0.2) is 0 Å². The number of likely N-dealkylation sites (tertiary alicyclic amines) is 1. The van der Waals surface area contributed by atoms with Crippen molar-refractivity contribution in [3.63, 3.8) is 0 Å². The average molecular weight is 417 g/mol. The molecular formula is C21H18ClFN2O4. The average Bonchev–Trinajstić information content (AvgIpc) is 3.26. The summed E-state index contributed by atoms with van der Waals surface area (Å²) in [6.45, 7) is 0.402. The van der Waals surface area contributed by atoms with Crippen molar-refractivity contribution in [2.75, 3.05) is 6.54 Å². The fourth-order valence-electron chi connectivity index (χ4n) is 4.19. The topological polar surface area (TPSA) is 77.9 Å². The highest BCUT2D eigenvalue weighted by Crippen LogP contribution is 2.38. The standard InChI is InChI=1S/C21H18ClFN2O4/c22-16-10-12(7-8-17(16)23)18(11-13-4-3-9-24(13)21(28)29)25-19(26)14-5-1-2-6-15(14)20(25)27/h1-2,5-8,10,13,18H,3-4,9,11H2,(H,28,29). The van der Waals surface area contributed by atoms with Crippen molar-refractivity contribution in [3.8, 4) is 0 Å². The zero-order valence-corrected chi connectivity index (χ0v) is 16.1. The summed E-state index contributed by atoms with van der Waals surface area (Å²) in [5, 5.41) is 9.35. The molecule has 2 atom stereocenters. The Labute approximate surface area is 171 Å². The van der Waals surface area contributed by atoms with Gasteiger partial charge in [-0.15, -0.1) is 0 Å². The first-order valence-corrected chi connectivity index (χ1v) is 9.67. The van der Waals surface area contributed by atoms with E-state index in [4.69, 9.17) is 11.6 Å². The van der Waals surface area contributed by atoms with Crippen molar-refractivity contribution < 1.29 is 23.9 Å². The Bertz CT molecular complexity index is 977. The van der Waals surface area contributed by atoms with E-state index in [1.807, 2.05) is 0 Å². The van der Waals surface area contributed by atoms with Gasteiger partial charge >= 0.3 is 6.09 Å². The Morgan fingerprint density at radius 1 is 1.17 bits per heavy atom. The van der Waals surface area contributed by atoms with Gasteiger partial charge in [-0.3, -0.25) is 14.5 Å². The first-order chi connectivity index (χ1) is 13.9. The molecule has 0 radical (unpaired) electrons. The lowest BCUT2D eigenvalue weighted by Gasteiger charge is -2.31. The summed E-state index contributed by atoms with van der Waals surface area (Å²) >= 11 is 5.95. The fourth-order valence-corrected chi connectivity index (χ4v) is 4.38. The minimum absolute atomic E-state index is 0.120. The van der Waals surface area contributed by atoms with E-state index in [1.165, 1.54) is 23.1 Å². The SMILES string of the molecule is O=C(O)N1CCCC1CC(c1ccc(F)c(Cl)c1)N1C(=O)c2ccccc2C1=O. The number of hydrogen-bond donors (Lipinski definition) is 1. The number of rotatable bonds is 4. The molecule has 0 aliphatic carbocycles. The van der Waals surface area contributed by atoms with Crippen molar-refractivity contribution in [1.29, 1.82) is 0 Å². The molecule has 0 bridgehead atoms. The normalized spacial score (nSPS) is 19.6. The third-order valence-corrected chi connectivity index (χ3v) is 5.87. The Morgan fingerprint density at radius 3 is 2.41 bits per heavy atom. The molecule has 0 spiro atoms. The smallest absolute Gasteiger partial charge is 0.407 e. The van der Waals surface area contributed by atoms with Crippen LogP contribution in [0.15, 0.2) is 42.5 Å². The molecule has 0 saturated carbocycles. The van der Waals surface area contributed by atoms with Gasteiger partial charge in [-0.25, -0.2) is 9.18 Å². The molecule has 2 unspecified atom stereocenters. The number of benzene rings is 2. The molecule has 2 heterocycles. The van der Waals surface area contributed by atoms with E-state index in [0.717, 1.165) is 4.90 Å². The van der Waals surface area contributed by atoms with E-state index >= 15 is 0 Å². The number of amides is 3. The molecule has 3 amide bonds. The molecule has 1 saturated heterocycles. The summed E-state index contributed by atoms with van der Waals surface area (Å²) < 4.78 is 13.7. The van der Waals surface area contributed by atoms with Gasteiger partial charge in [-0.2, -0.15) is 0 Å². The predicted molar refractivity (Wildman–Crippen MR) is 103 cm³/mol. The van der Waals surface area contributed by atoms with Gasteiger partial charge in [-0.05, 0) is 49.1 Å². The number of fused-ring (bicyclic) bond motifs is 1. The van der Waals surface area contributed by atoms with Crippen molar-refractivity contribution in [3.05, 3.63) is 70.0 Å². The summed E-state index contributed by atoms with van der Waals surface area (Å²) in [6.07, 6.45) is 0.516. The van der Waals surface area contributed by atoms with Crippen LogP contribution in [0.1, 0.15) is 51.6 Å². The summed E-state index contributed by atoms with van der Waals surface area (Å²) in [5.41, 5.74) is 1.09. The van der Waals surface area contributed by atoms with E-state index < -0.39 is 29.8 Å². The Balaban J connectivity index is 1.75. The van der Waals surface area contributed by atoms with Crippen LogP contribution in [0.2, 0.25) is 5.02 Å². The number of nitrogens with zero attached hydrogens (tertiary/aromatic N) is 2. The van der Waals surface area contributed by atoms with Gasteiger partial charge in [0, 0.05) is 12.6 Å². The maximum atomic E-state index is 13.7. The molecule has 0 aromatic heterocycles. The molecule has 29 heavy (non-hydrogen) atoms. The highest BCUT2D eigenvalue weighted by molar-refractivity contribution is 6.30. The maximum Gasteiger partial charge on any atom is 0.407 e. The van der Waals surface area contributed by atoms with Gasteiger partial charge in [-0.1, -0.05) is 29.8 Å². The minimum Gasteiger partial charge on any atom is -0.465 e. The Hall–Kier alpha value is -2.93. The van der Waals surface area contributed by atoms with E-state index in [2.05, 4.69) is 0 Å². The van der Waals surface area contributed by atoms with Crippen molar-refractivity contribution in [2.24, 2.45) is 0 Å². The monoisotopic (exact) mass is 416 g/mol. The first kappa shape index (κ1) is 19.4. The third kappa shape index (κ3) is 3.35. The van der Waals surface area contributed by atoms with Gasteiger partial charge in [0.1, 0.15) is 5.82 Å². The van der Waals surface area contributed by atoms with Crippen LogP contribution in [0.4, 0.5) is 9.18 Å². The van der Waals surface area contributed by atoms with E-state index in [0.29, 0.717) is 36.1 Å². The van der Waals surface area contributed by atoms with Gasteiger partial charge in [0.25, 0.3) is 11.8 Å². The maximum absolute atomic E-state index is 13.7. The quantitative estimate of drug-likeness (QED) is 0.751. The number of carbonyl (C=O) groups excluding carboxylic acids is 2. The van der Waals surface area contributed by atoms with Gasteiger partial charge in [0.2, 0.25) is 0 Å². The molecule has 1 fully saturated rings. The van der Waals surface area contributed by atoms with Crippen molar-refractivity contribution >= 4 is 29.5 Å². The lowest BCUT2D eigenvalue weighted by Crippen LogP contribution is -2.40. The van der Waals surface area contributed by atoms with Crippen molar-refractivity contribution in [1.82, 2.24) is 9.80 Å². The lowest BCUT2D eigenvalue weighted by atomic mass is 9.96. The third-order valence-electron chi connectivity index (χ3n) is 5.58. The Morgan fingerprint density at radius 2 is 1.83 bits per heavy atom. The second-order valence-electron chi connectivity index (χ2n) is 7.22. The molecule has 4 rings (SSSR count). The molecule has 2 aliphatic rings. The van der Waals surface area contributed by atoms with Crippen LogP contribution in [0, 0.1) is 5.82 Å². The second kappa shape index (κ2) is 7.48. The van der Waals surface area contributed by atoms with E-state index in [-0.39, 0.29) is 17.5 Å². The molecule has 1 N–H and O–H groups in total. The van der Waals surface area contributed by atoms with E-state index in [9.17, 15) is 23.9 Å². The van der Waals surface area contributed by atoms with Crippen LogP contribution in [-0.4, -0.2) is 45.4 Å². The zero-order chi connectivity index (χ0) is 20.7. The summed E-state index contributed by atoms with van der Waals surface area (Å²) in [6, 6.07) is 9.48. The minimum atomic E-state index is -1.04. The largest absolute Gasteiger partial charge is 0.465 e. The molecular weight excluding hydrogens is 399 g/mol. The number of hydrogen-bond acceptors (Lipinski definition) is 3. The van der Waals surface area contributed by atoms with Gasteiger partial charge in [0.05, 0.1) is 22.2 Å². The van der Waals surface area contributed by atoms with Crippen molar-refractivity contribution in [2.45, 2.75) is 31.3 Å². The highest BCUT2D eigenvalue weighted by atomic mass is 35.5. The molecule has 2 aromatic carbocycles. The predicted octanol–water partition coefficient (Wildman–Crippen LogP) is 4.35. The molecule has 150 valence electrons. The second-order valence-corrected chi connectivity index (χ2v) is 7.63. The summed E-state index contributed by atoms with van der Waals surface area (Å²) in [4.78, 5) is 40.1. The summed E-state index contributed by atoms with van der Waals surface area (Å²) in [5.74, 6) is -1.50. The fraction of sp³-hybridized carbons (Fsp3) is 0.286. The van der Waals surface area contributed by atoms with Crippen LogP contribution in [0.3, 0.4) is 0 Å². The van der Waals surface area contributed by atoms with Crippen LogP contribution < -0.4 is 0 Å². The van der Waals surface area contributed by atoms with E-state index in [1.54, 1.807) is 24.3 Å². The van der Waals surface area contributed by atoms with Crippen LogP contribution >= 0.6 is 11.6 Å². The molecule has 2 aromatic rings. The first-order valence-electron chi connectivity index (χ1n) is 9.30. The highest BCUT2D eigenvalue weighted by Gasteiger charge is 2.42. The number of carbonyl (C=O) groups is 3. The lowest BCUT2D eigenvalue weighted by molar-refractivity contribution is 0.0550. The summed E-state index contributed by atoms with van der Waals surface area (Å²) in [7, 11) is 0. The molecule has 2 aliphatic heterocycles. The van der Waals surface area contributed by atoms with Crippen LogP contribution in [-0.2, 0) is 0 Å². The molecule has 6 nitrogen and oxygen atoms in total. The zero-order valence-electron chi connectivity index (χ0n) is 15.3. The van der Waals surface area contributed by atoms with Gasteiger partial charge < -0.3 is 10.0 Å². The number of imide groups is 1. The van der Waals surface area contributed by atoms with Crippen LogP contribution in [0.5, 0.6) is 0 Å². The number of halogens is 2. The number of carboxylic acid groups (broad SMARTS) is 1. The molecule has 8 heteroatoms. The van der Waals surface area contributed by atoms with Crippen LogP contribution in [0.25, 0.3) is 0 Å².